The summed E-state index contributed by atoms with van der Waals surface area (Å²) < 4.78 is 0. The molecule has 2 unspecified atom stereocenters. The molecule has 0 radical (unpaired) electrons. The molecule has 3 heteroatoms. The maximum Gasteiger partial charge on any atom is 0.0791 e. The summed E-state index contributed by atoms with van der Waals surface area (Å²) >= 11 is 4.28. The van der Waals surface area contributed by atoms with Crippen LogP contribution in [0.4, 0.5) is 0 Å². The molecule has 76 valence electrons. The molecule has 0 aliphatic carbocycles. The van der Waals surface area contributed by atoms with Crippen molar-refractivity contribution in [3.8, 4) is 0 Å². The van der Waals surface area contributed by atoms with Crippen molar-refractivity contribution in [2.75, 3.05) is 18.1 Å². The van der Waals surface area contributed by atoms with Crippen LogP contribution in [0, 0.1) is 5.41 Å². The molecule has 2 rings (SSSR count). The van der Waals surface area contributed by atoms with Gasteiger partial charge in [-0.1, -0.05) is 20.8 Å². The fraction of sp³-hybridized carbons (Fsp3) is 1.00. The van der Waals surface area contributed by atoms with Gasteiger partial charge in [-0.05, 0) is 17.6 Å². The van der Waals surface area contributed by atoms with Crippen molar-refractivity contribution in [3.63, 3.8) is 0 Å². The summed E-state index contributed by atoms with van der Waals surface area (Å²) in [5, 5.41) is 4.54. The van der Waals surface area contributed by atoms with Gasteiger partial charge in [0, 0.05) is 17.5 Å². The van der Waals surface area contributed by atoms with E-state index < -0.39 is 0 Å². The minimum Gasteiger partial charge on any atom is -0.301 e. The van der Waals surface area contributed by atoms with Crippen molar-refractivity contribution in [1.29, 1.82) is 0 Å². The topological polar surface area (TPSA) is 12.0 Å². The van der Waals surface area contributed by atoms with Gasteiger partial charge in [-0.2, -0.15) is 11.8 Å². The Bertz CT molecular complexity index is 201. The minimum atomic E-state index is 0.370. The Kier molecular flexibility index (Phi) is 2.63. The molecule has 2 aliphatic heterocycles. The second-order valence-electron chi connectivity index (χ2n) is 4.82. The summed E-state index contributed by atoms with van der Waals surface area (Å²) in [7, 11) is 0. The van der Waals surface area contributed by atoms with E-state index >= 15 is 0 Å². The Balaban J connectivity index is 2.19. The van der Waals surface area contributed by atoms with Crippen molar-refractivity contribution in [2.24, 2.45) is 5.41 Å². The average molecular weight is 217 g/mol. The lowest BCUT2D eigenvalue weighted by Gasteiger charge is -2.47. The Labute approximate surface area is 89.8 Å². The molecule has 0 aromatic heterocycles. The molecule has 0 aromatic rings. The van der Waals surface area contributed by atoms with Gasteiger partial charge in [0.25, 0.3) is 0 Å². The first-order valence-corrected chi connectivity index (χ1v) is 7.10. The van der Waals surface area contributed by atoms with Gasteiger partial charge in [0.05, 0.1) is 4.87 Å². The molecule has 2 saturated heterocycles. The van der Waals surface area contributed by atoms with Gasteiger partial charge >= 0.3 is 0 Å². The molecular weight excluding hydrogens is 198 g/mol. The zero-order valence-corrected chi connectivity index (χ0v) is 10.4. The molecule has 2 atom stereocenters. The number of rotatable bonds is 0. The highest BCUT2D eigenvalue weighted by molar-refractivity contribution is 8.04. The zero-order chi connectivity index (χ0) is 9.53. The first-order chi connectivity index (χ1) is 6.06. The highest BCUT2D eigenvalue weighted by Gasteiger charge is 2.50. The third-order valence-corrected chi connectivity index (χ3v) is 6.47. The lowest BCUT2D eigenvalue weighted by molar-refractivity contribution is 0.227. The molecule has 0 aromatic carbocycles. The first-order valence-electron chi connectivity index (χ1n) is 5.06. The standard InChI is InChI=1S/C10H19NS2/c1-8-6-11-10(13-8)7-12-5-4-9(10,2)3/h8,11H,4-7H2,1-3H3. The van der Waals surface area contributed by atoms with Crippen LogP contribution in [0.3, 0.4) is 0 Å². The molecule has 2 heterocycles. The SMILES string of the molecule is CC1CNC2(CSCCC2(C)C)S1. The molecule has 0 saturated carbocycles. The lowest BCUT2D eigenvalue weighted by atomic mass is 9.81. The van der Waals surface area contributed by atoms with E-state index in [0.29, 0.717) is 10.3 Å². The van der Waals surface area contributed by atoms with Gasteiger partial charge in [-0.25, -0.2) is 0 Å². The molecular formula is C10H19NS2. The van der Waals surface area contributed by atoms with Crippen molar-refractivity contribution in [2.45, 2.75) is 37.3 Å². The minimum absolute atomic E-state index is 0.370. The van der Waals surface area contributed by atoms with Crippen LogP contribution in [0.25, 0.3) is 0 Å². The third kappa shape index (κ3) is 1.64. The largest absolute Gasteiger partial charge is 0.301 e. The molecule has 13 heavy (non-hydrogen) atoms. The monoisotopic (exact) mass is 217 g/mol. The van der Waals surface area contributed by atoms with Crippen molar-refractivity contribution < 1.29 is 0 Å². The molecule has 1 spiro atoms. The molecule has 2 aliphatic rings. The van der Waals surface area contributed by atoms with Crippen LogP contribution in [0.2, 0.25) is 0 Å². The maximum atomic E-state index is 3.75. The van der Waals surface area contributed by atoms with Crippen LogP contribution >= 0.6 is 23.5 Å². The molecule has 0 amide bonds. The van der Waals surface area contributed by atoms with E-state index in [1.165, 1.54) is 24.5 Å². The molecule has 0 bridgehead atoms. The number of hydrogen-bond acceptors (Lipinski definition) is 3. The second-order valence-corrected chi connectivity index (χ2v) is 7.67. The molecule has 1 N–H and O–H groups in total. The third-order valence-electron chi connectivity index (χ3n) is 3.35. The van der Waals surface area contributed by atoms with Gasteiger partial charge in [0.1, 0.15) is 0 Å². The zero-order valence-electron chi connectivity index (χ0n) is 8.72. The molecule has 1 nitrogen and oxygen atoms in total. The fourth-order valence-corrected chi connectivity index (χ4v) is 5.70. The van der Waals surface area contributed by atoms with Crippen LogP contribution in [0.5, 0.6) is 0 Å². The van der Waals surface area contributed by atoms with Gasteiger partial charge in [0.15, 0.2) is 0 Å². The van der Waals surface area contributed by atoms with Crippen molar-refractivity contribution in [1.82, 2.24) is 5.32 Å². The summed E-state index contributed by atoms with van der Waals surface area (Å²) in [5.41, 5.74) is 0.466. The predicted molar refractivity (Wildman–Crippen MR) is 63.5 cm³/mol. The van der Waals surface area contributed by atoms with Gasteiger partial charge in [-0.15, -0.1) is 11.8 Å². The number of hydrogen-bond donors (Lipinski definition) is 1. The van der Waals surface area contributed by atoms with Crippen LogP contribution in [-0.4, -0.2) is 28.2 Å². The summed E-state index contributed by atoms with van der Waals surface area (Å²) in [5.74, 6) is 2.63. The van der Waals surface area contributed by atoms with Crippen LogP contribution in [0.1, 0.15) is 27.2 Å². The summed E-state index contributed by atoms with van der Waals surface area (Å²) in [6.07, 6.45) is 1.35. The van der Waals surface area contributed by atoms with Crippen molar-refractivity contribution >= 4 is 23.5 Å². The lowest BCUT2D eigenvalue weighted by Crippen LogP contribution is -2.54. The van der Waals surface area contributed by atoms with Gasteiger partial charge in [-0.3, -0.25) is 0 Å². The van der Waals surface area contributed by atoms with Crippen LogP contribution in [0.15, 0.2) is 0 Å². The van der Waals surface area contributed by atoms with E-state index in [2.05, 4.69) is 49.6 Å². The van der Waals surface area contributed by atoms with E-state index in [1.54, 1.807) is 0 Å². The van der Waals surface area contributed by atoms with E-state index in [9.17, 15) is 0 Å². The van der Waals surface area contributed by atoms with Crippen LogP contribution in [-0.2, 0) is 0 Å². The van der Waals surface area contributed by atoms with Crippen LogP contribution < -0.4 is 5.32 Å². The highest BCUT2D eigenvalue weighted by atomic mass is 32.2. The summed E-state index contributed by atoms with van der Waals surface area (Å²) in [4.78, 5) is 0.370. The van der Waals surface area contributed by atoms with Gasteiger partial charge in [0.2, 0.25) is 0 Å². The smallest absolute Gasteiger partial charge is 0.0791 e. The Morgan fingerprint density at radius 2 is 2.15 bits per heavy atom. The Hall–Kier alpha value is 0.660. The average Bonchev–Trinajstić information content (AvgIpc) is 2.41. The van der Waals surface area contributed by atoms with E-state index in [1.807, 2.05) is 0 Å². The maximum absolute atomic E-state index is 3.75. The number of nitrogens with one attached hydrogen (secondary N) is 1. The Morgan fingerprint density at radius 1 is 1.38 bits per heavy atom. The van der Waals surface area contributed by atoms with E-state index in [4.69, 9.17) is 0 Å². The quantitative estimate of drug-likeness (QED) is 0.670. The van der Waals surface area contributed by atoms with E-state index in [0.717, 1.165) is 5.25 Å². The van der Waals surface area contributed by atoms with Gasteiger partial charge < -0.3 is 5.32 Å². The fourth-order valence-electron chi connectivity index (χ4n) is 2.16. The second kappa shape index (κ2) is 3.35. The molecule has 2 fully saturated rings. The van der Waals surface area contributed by atoms with Crippen molar-refractivity contribution in [3.05, 3.63) is 0 Å². The summed E-state index contributed by atoms with van der Waals surface area (Å²) in [6, 6.07) is 0. The summed E-state index contributed by atoms with van der Waals surface area (Å²) in [6.45, 7) is 8.37. The normalized spacial score (nSPS) is 44.1. The van der Waals surface area contributed by atoms with E-state index in [-0.39, 0.29) is 0 Å². The highest BCUT2D eigenvalue weighted by Crippen LogP contribution is 2.52. The Morgan fingerprint density at radius 3 is 2.69 bits per heavy atom. The number of thioether (sulfide) groups is 2. The predicted octanol–water partition coefficient (Wildman–Crippen LogP) is 2.57. The first kappa shape index (κ1) is 10.2.